The molecule has 0 aliphatic carbocycles. The lowest BCUT2D eigenvalue weighted by Crippen LogP contribution is -2.58. The fourth-order valence-electron chi connectivity index (χ4n) is 2.48. The van der Waals surface area contributed by atoms with E-state index < -0.39 is 54.0 Å². The second-order valence-electron chi connectivity index (χ2n) is 7.04. The molecule has 0 spiro atoms. The number of amides is 3. The Labute approximate surface area is 192 Å². The number of aliphatic hydroxyl groups excluding tert-OH is 1. The maximum atomic E-state index is 12.7. The van der Waals surface area contributed by atoms with E-state index in [1.54, 1.807) is 0 Å². The van der Waals surface area contributed by atoms with E-state index in [1.165, 1.54) is 18.7 Å². The number of carbonyl (C=O) groups excluding carboxylic acids is 3. The molecule has 0 heterocycles. The van der Waals surface area contributed by atoms with Crippen LogP contribution in [-0.2, 0) is 19.2 Å². The van der Waals surface area contributed by atoms with Crippen LogP contribution >= 0.6 is 24.4 Å². The van der Waals surface area contributed by atoms with Gasteiger partial charge in [0.1, 0.15) is 24.2 Å². The minimum absolute atomic E-state index is 0.0803. The number of hydrogen-bond acceptors (Lipinski definition) is 9. The third-order valence-corrected chi connectivity index (χ3v) is 5.45. The van der Waals surface area contributed by atoms with Crippen LogP contribution < -0.4 is 27.4 Å². The molecule has 0 aromatic heterocycles. The summed E-state index contributed by atoms with van der Waals surface area (Å²) < 4.78 is 0. The number of nitrogens with one attached hydrogen (secondary N) is 3. The molecule has 31 heavy (non-hydrogen) atoms. The smallest absolute Gasteiger partial charge is 0.326 e. The number of carbonyl (C=O) groups is 4. The molecule has 0 radical (unpaired) electrons. The highest BCUT2D eigenvalue weighted by molar-refractivity contribution is 7.98. The van der Waals surface area contributed by atoms with E-state index in [-0.39, 0.29) is 18.6 Å². The molecule has 13 heteroatoms. The molecule has 3 amide bonds. The van der Waals surface area contributed by atoms with Crippen molar-refractivity contribution >= 4 is 48.1 Å². The molecule has 0 aliphatic heterocycles. The van der Waals surface area contributed by atoms with Crippen LogP contribution in [0.3, 0.4) is 0 Å². The molecule has 180 valence electrons. The van der Waals surface area contributed by atoms with Gasteiger partial charge in [-0.2, -0.15) is 24.4 Å². The average molecular weight is 482 g/mol. The first-order valence-corrected chi connectivity index (χ1v) is 12.0. The highest BCUT2D eigenvalue weighted by Crippen LogP contribution is 2.05. The predicted octanol–water partition coefficient (Wildman–Crippen LogP) is -1.95. The van der Waals surface area contributed by atoms with Gasteiger partial charge < -0.3 is 37.6 Å². The first kappa shape index (κ1) is 29.5. The Morgan fingerprint density at radius 3 is 2.00 bits per heavy atom. The largest absolute Gasteiger partial charge is 0.480 e. The number of hydrogen-bond donors (Lipinski definition) is 8. The van der Waals surface area contributed by atoms with Crippen molar-refractivity contribution in [2.24, 2.45) is 11.5 Å². The lowest BCUT2D eigenvalue weighted by molar-refractivity contribution is -0.142. The topological polar surface area (TPSA) is 197 Å². The summed E-state index contributed by atoms with van der Waals surface area (Å²) in [4.78, 5) is 48.8. The molecule has 9 N–H and O–H groups in total. The highest BCUT2D eigenvalue weighted by Gasteiger charge is 2.30. The first-order valence-electron chi connectivity index (χ1n) is 9.96. The third kappa shape index (κ3) is 11.6. The van der Waals surface area contributed by atoms with E-state index in [0.29, 0.717) is 25.1 Å². The van der Waals surface area contributed by atoms with Crippen LogP contribution in [0, 0.1) is 0 Å². The zero-order chi connectivity index (χ0) is 24.0. The average Bonchev–Trinajstić information content (AvgIpc) is 2.72. The number of carboxylic acids is 1. The van der Waals surface area contributed by atoms with Crippen molar-refractivity contribution in [2.45, 2.75) is 62.9 Å². The number of rotatable bonds is 16. The van der Waals surface area contributed by atoms with E-state index in [4.69, 9.17) is 11.5 Å². The minimum Gasteiger partial charge on any atom is -0.480 e. The molecule has 0 aromatic carbocycles. The van der Waals surface area contributed by atoms with Crippen molar-refractivity contribution in [3.05, 3.63) is 0 Å². The second-order valence-corrected chi connectivity index (χ2v) is 8.39. The van der Waals surface area contributed by atoms with Crippen LogP contribution in [0.2, 0.25) is 0 Å². The van der Waals surface area contributed by atoms with E-state index in [9.17, 15) is 29.4 Å². The quantitative estimate of drug-likeness (QED) is 0.0911. The van der Waals surface area contributed by atoms with Crippen LogP contribution in [0.25, 0.3) is 0 Å². The summed E-state index contributed by atoms with van der Waals surface area (Å²) >= 11 is 5.52. The van der Waals surface area contributed by atoms with Gasteiger partial charge in [0.15, 0.2) is 0 Å². The number of unbranched alkanes of at least 4 members (excludes halogenated alkanes) is 1. The molecular weight excluding hydrogens is 446 g/mol. The van der Waals surface area contributed by atoms with Crippen molar-refractivity contribution in [1.82, 2.24) is 16.0 Å². The summed E-state index contributed by atoms with van der Waals surface area (Å²) in [6, 6.07) is -4.43. The SMILES string of the molecule is CSCCC(NC(=O)C(CS)NC(=O)C(CCCCN)NC(=O)C(N)C(C)O)C(=O)O. The van der Waals surface area contributed by atoms with Gasteiger partial charge in [-0.05, 0) is 51.2 Å². The number of carboxylic acid groups (broad SMARTS) is 1. The summed E-state index contributed by atoms with van der Waals surface area (Å²) in [7, 11) is 0. The molecule has 0 saturated carbocycles. The van der Waals surface area contributed by atoms with Gasteiger partial charge in [-0.3, -0.25) is 14.4 Å². The maximum Gasteiger partial charge on any atom is 0.326 e. The molecule has 0 bridgehead atoms. The summed E-state index contributed by atoms with van der Waals surface area (Å²) in [5.41, 5.74) is 11.1. The Morgan fingerprint density at radius 1 is 0.968 bits per heavy atom. The molecule has 0 aromatic rings. The Hall–Kier alpha value is -1.54. The Bertz CT molecular complexity index is 596. The first-order chi connectivity index (χ1) is 14.6. The Kier molecular flexibility index (Phi) is 15.3. The third-order valence-electron chi connectivity index (χ3n) is 4.44. The predicted molar refractivity (Wildman–Crippen MR) is 123 cm³/mol. The second kappa shape index (κ2) is 16.1. The van der Waals surface area contributed by atoms with Crippen LogP contribution in [0.4, 0.5) is 0 Å². The van der Waals surface area contributed by atoms with E-state index in [2.05, 4.69) is 28.6 Å². The van der Waals surface area contributed by atoms with E-state index >= 15 is 0 Å². The fourth-order valence-corrected chi connectivity index (χ4v) is 3.21. The number of nitrogens with two attached hydrogens (primary N) is 2. The fraction of sp³-hybridized carbons (Fsp3) is 0.778. The van der Waals surface area contributed by atoms with Crippen LogP contribution in [0.5, 0.6) is 0 Å². The molecule has 0 saturated heterocycles. The van der Waals surface area contributed by atoms with E-state index in [0.717, 1.165) is 0 Å². The Balaban J connectivity index is 5.19. The molecule has 0 aliphatic rings. The molecule has 0 fully saturated rings. The van der Waals surface area contributed by atoms with Gasteiger partial charge in [0.2, 0.25) is 17.7 Å². The number of thioether (sulfide) groups is 1. The lowest BCUT2D eigenvalue weighted by atomic mass is 10.1. The van der Waals surface area contributed by atoms with Crippen molar-refractivity contribution in [3.8, 4) is 0 Å². The molecule has 11 nitrogen and oxygen atoms in total. The lowest BCUT2D eigenvalue weighted by Gasteiger charge is -2.25. The molecule has 5 atom stereocenters. The summed E-state index contributed by atoms with van der Waals surface area (Å²) in [6.45, 7) is 1.76. The van der Waals surface area contributed by atoms with Crippen molar-refractivity contribution in [3.63, 3.8) is 0 Å². The molecular formula is C18H35N5O6S2. The summed E-state index contributed by atoms with van der Waals surface area (Å²) in [6.07, 6.45) is 2.33. The zero-order valence-electron chi connectivity index (χ0n) is 17.9. The maximum absolute atomic E-state index is 12.7. The van der Waals surface area contributed by atoms with Gasteiger partial charge in [0, 0.05) is 5.75 Å². The monoisotopic (exact) mass is 481 g/mol. The van der Waals surface area contributed by atoms with Crippen LogP contribution in [0.1, 0.15) is 32.6 Å². The summed E-state index contributed by atoms with van der Waals surface area (Å²) in [5, 5.41) is 26.1. The van der Waals surface area contributed by atoms with Gasteiger partial charge in [0.05, 0.1) is 6.10 Å². The normalized spacial score (nSPS) is 15.8. The highest BCUT2D eigenvalue weighted by atomic mass is 32.2. The number of thiol groups is 1. The Morgan fingerprint density at radius 2 is 1.52 bits per heavy atom. The molecule has 0 rings (SSSR count). The minimum atomic E-state index is -1.22. The number of aliphatic hydroxyl groups is 1. The van der Waals surface area contributed by atoms with Gasteiger partial charge in [-0.15, -0.1) is 0 Å². The van der Waals surface area contributed by atoms with E-state index in [1.807, 2.05) is 6.26 Å². The van der Waals surface area contributed by atoms with Gasteiger partial charge in [-0.25, -0.2) is 4.79 Å². The van der Waals surface area contributed by atoms with Gasteiger partial charge in [0.25, 0.3) is 0 Å². The van der Waals surface area contributed by atoms with Gasteiger partial charge in [-0.1, -0.05) is 0 Å². The van der Waals surface area contributed by atoms with Crippen LogP contribution in [0.15, 0.2) is 0 Å². The van der Waals surface area contributed by atoms with Crippen LogP contribution in [-0.4, -0.2) is 88.5 Å². The molecule has 5 unspecified atom stereocenters. The van der Waals surface area contributed by atoms with Gasteiger partial charge >= 0.3 is 5.97 Å². The van der Waals surface area contributed by atoms with Crippen molar-refractivity contribution in [1.29, 1.82) is 0 Å². The standard InChI is InChI=1S/C18H35N5O6S2/c1-10(24)14(20)17(27)21-11(5-3-4-7-19)15(25)23-13(9-30)16(26)22-12(18(28)29)6-8-31-2/h10-14,24,30H,3-9,19-20H2,1-2H3,(H,21,27)(H,22,26)(H,23,25)(H,28,29). The number of aliphatic carboxylic acids is 1. The van der Waals surface area contributed by atoms with Crippen molar-refractivity contribution in [2.75, 3.05) is 24.3 Å². The zero-order valence-corrected chi connectivity index (χ0v) is 19.6. The summed E-state index contributed by atoms with van der Waals surface area (Å²) in [5.74, 6) is -2.77. The van der Waals surface area contributed by atoms with Crippen molar-refractivity contribution < 1.29 is 29.4 Å².